The van der Waals surface area contributed by atoms with E-state index in [2.05, 4.69) is 25.1 Å². The van der Waals surface area contributed by atoms with Crippen molar-refractivity contribution >= 4 is 35.8 Å². The van der Waals surface area contributed by atoms with E-state index in [9.17, 15) is 13.6 Å². The van der Waals surface area contributed by atoms with Gasteiger partial charge in [-0.2, -0.15) is 8.78 Å². The van der Waals surface area contributed by atoms with Crippen molar-refractivity contribution in [2.75, 3.05) is 46.3 Å². The molecule has 2 fully saturated rings. The van der Waals surface area contributed by atoms with Crippen molar-refractivity contribution in [2.24, 2.45) is 4.99 Å². The first kappa shape index (κ1) is 23.8. The predicted octanol–water partition coefficient (Wildman–Crippen LogP) is 1.60. The van der Waals surface area contributed by atoms with Gasteiger partial charge in [-0.25, -0.2) is 4.98 Å². The van der Waals surface area contributed by atoms with Crippen molar-refractivity contribution in [1.82, 2.24) is 29.6 Å². The third-order valence-corrected chi connectivity index (χ3v) is 5.51. The molecular weight excluding hydrogens is 495 g/mol. The largest absolute Gasteiger partial charge is 0.349 e. The molecule has 0 saturated carbocycles. The first-order chi connectivity index (χ1) is 13.5. The van der Waals surface area contributed by atoms with Crippen molar-refractivity contribution in [2.45, 2.75) is 38.9 Å². The molecule has 1 N–H and O–H groups in total. The van der Waals surface area contributed by atoms with Crippen molar-refractivity contribution in [1.29, 1.82) is 0 Å². The molecule has 1 atom stereocenters. The zero-order valence-electron chi connectivity index (χ0n) is 16.9. The molecule has 0 spiro atoms. The number of hydrogen-bond acceptors (Lipinski definition) is 4. The Morgan fingerprint density at radius 2 is 1.83 bits per heavy atom. The molecule has 3 rings (SSSR count). The molecule has 164 valence electrons. The summed E-state index contributed by atoms with van der Waals surface area (Å²) >= 11 is 0. The molecule has 3 heterocycles. The Balaban J connectivity index is 0.00000300. The van der Waals surface area contributed by atoms with Gasteiger partial charge in [0.1, 0.15) is 5.82 Å². The Labute approximate surface area is 187 Å². The van der Waals surface area contributed by atoms with Crippen molar-refractivity contribution in [3.63, 3.8) is 0 Å². The molecular formula is C18H30F2IN7O. The number of piperazine rings is 1. The number of amides is 1. The van der Waals surface area contributed by atoms with Crippen LogP contribution in [0, 0.1) is 0 Å². The van der Waals surface area contributed by atoms with Gasteiger partial charge in [0.05, 0.1) is 12.6 Å². The molecule has 1 unspecified atom stereocenters. The summed E-state index contributed by atoms with van der Waals surface area (Å²) in [6.45, 7) is 4.24. The third-order valence-electron chi connectivity index (χ3n) is 5.51. The second kappa shape index (κ2) is 11.0. The average Bonchev–Trinajstić information content (AvgIpc) is 3.40. The fourth-order valence-electron chi connectivity index (χ4n) is 3.83. The summed E-state index contributed by atoms with van der Waals surface area (Å²) in [5, 5.41) is 3.11. The summed E-state index contributed by atoms with van der Waals surface area (Å²) in [5.41, 5.74) is 0. The maximum absolute atomic E-state index is 12.9. The van der Waals surface area contributed by atoms with E-state index in [0.717, 1.165) is 56.7 Å². The van der Waals surface area contributed by atoms with E-state index in [-0.39, 0.29) is 48.3 Å². The quantitative estimate of drug-likeness (QED) is 0.360. The minimum absolute atomic E-state index is 0. The van der Waals surface area contributed by atoms with Crippen LogP contribution in [-0.2, 0) is 11.3 Å². The van der Waals surface area contributed by atoms with Crippen LogP contribution in [-0.4, -0.2) is 88.5 Å². The van der Waals surface area contributed by atoms with Crippen LogP contribution < -0.4 is 5.32 Å². The molecule has 2 aliphatic heterocycles. The highest BCUT2D eigenvalue weighted by Crippen LogP contribution is 2.15. The number of halogens is 3. The molecule has 1 amide bonds. The summed E-state index contributed by atoms with van der Waals surface area (Å²) in [6, 6.07) is -0.117. The number of carbonyl (C=O) groups excluding carboxylic acids is 1. The van der Waals surface area contributed by atoms with E-state index in [4.69, 9.17) is 0 Å². The summed E-state index contributed by atoms with van der Waals surface area (Å²) in [6.07, 6.45) is 4.82. The Morgan fingerprint density at radius 3 is 2.41 bits per heavy atom. The van der Waals surface area contributed by atoms with Crippen LogP contribution in [0.15, 0.2) is 17.4 Å². The lowest BCUT2D eigenvalue weighted by Gasteiger charge is -2.39. The molecule has 2 aliphatic rings. The second-order valence-electron chi connectivity index (χ2n) is 7.16. The summed E-state index contributed by atoms with van der Waals surface area (Å²) in [5.74, 6) is 1.13. The maximum atomic E-state index is 12.9. The zero-order valence-corrected chi connectivity index (χ0v) is 19.3. The van der Waals surface area contributed by atoms with E-state index < -0.39 is 6.55 Å². The van der Waals surface area contributed by atoms with Gasteiger partial charge in [-0.3, -0.25) is 19.3 Å². The average molecular weight is 525 g/mol. The molecule has 0 bridgehead atoms. The number of guanidine groups is 1. The normalized spacial score (nSPS) is 19.4. The number of hydrogen-bond donors (Lipinski definition) is 1. The minimum atomic E-state index is -2.61. The smallest absolute Gasteiger partial charge is 0.319 e. The van der Waals surface area contributed by atoms with Gasteiger partial charge < -0.3 is 15.1 Å². The number of aromatic nitrogens is 2. The monoisotopic (exact) mass is 525 g/mol. The van der Waals surface area contributed by atoms with E-state index in [0.29, 0.717) is 5.96 Å². The fraction of sp³-hybridized carbons (Fsp3) is 0.722. The topological polar surface area (TPSA) is 69.0 Å². The van der Waals surface area contributed by atoms with Crippen LogP contribution in [0.1, 0.15) is 32.1 Å². The van der Waals surface area contributed by atoms with Crippen molar-refractivity contribution in [3.8, 4) is 0 Å². The van der Waals surface area contributed by atoms with Gasteiger partial charge in [0, 0.05) is 58.7 Å². The Hall–Kier alpha value is -1.50. The first-order valence-corrected chi connectivity index (χ1v) is 9.79. The van der Waals surface area contributed by atoms with Crippen molar-refractivity contribution in [3.05, 3.63) is 18.2 Å². The highest BCUT2D eigenvalue weighted by Gasteiger charge is 2.30. The first-order valence-electron chi connectivity index (χ1n) is 9.79. The second-order valence-corrected chi connectivity index (χ2v) is 7.16. The van der Waals surface area contributed by atoms with E-state index in [1.807, 2.05) is 11.8 Å². The molecule has 0 radical (unpaired) electrons. The zero-order chi connectivity index (χ0) is 20.1. The maximum Gasteiger partial charge on any atom is 0.319 e. The van der Waals surface area contributed by atoms with E-state index >= 15 is 0 Å². The van der Waals surface area contributed by atoms with Crippen LogP contribution >= 0.6 is 24.0 Å². The molecule has 2 saturated heterocycles. The van der Waals surface area contributed by atoms with Crippen LogP contribution in [0.4, 0.5) is 8.78 Å². The number of imidazole rings is 1. The van der Waals surface area contributed by atoms with Gasteiger partial charge in [0.15, 0.2) is 5.96 Å². The lowest BCUT2D eigenvalue weighted by atomic mass is 10.2. The van der Waals surface area contributed by atoms with Crippen molar-refractivity contribution < 1.29 is 13.6 Å². The lowest BCUT2D eigenvalue weighted by molar-refractivity contribution is -0.135. The minimum Gasteiger partial charge on any atom is -0.349 e. The number of carbonyl (C=O) groups is 1. The number of rotatable bonds is 5. The molecule has 8 nitrogen and oxygen atoms in total. The summed E-state index contributed by atoms with van der Waals surface area (Å²) in [7, 11) is 1.67. The number of alkyl halides is 2. The van der Waals surface area contributed by atoms with E-state index in [1.165, 1.54) is 12.4 Å². The predicted molar refractivity (Wildman–Crippen MR) is 118 cm³/mol. The number of likely N-dealkylation sites (tertiary alicyclic amines) is 1. The summed E-state index contributed by atoms with van der Waals surface area (Å²) in [4.78, 5) is 27.1. The van der Waals surface area contributed by atoms with Crippen LogP contribution in [0.25, 0.3) is 0 Å². The molecule has 1 aromatic heterocycles. The number of aliphatic imine (C=N–C) groups is 1. The SMILES string of the molecule is CN=C(NCc1nccn1C(F)F)N1CCN(C(C)C(=O)N2CCCC2)CC1.I. The van der Waals surface area contributed by atoms with Gasteiger partial charge in [-0.05, 0) is 19.8 Å². The molecule has 11 heteroatoms. The fourth-order valence-corrected chi connectivity index (χ4v) is 3.83. The van der Waals surface area contributed by atoms with Gasteiger partial charge >= 0.3 is 6.55 Å². The van der Waals surface area contributed by atoms with Gasteiger partial charge in [0.25, 0.3) is 0 Å². The Kier molecular flexibility index (Phi) is 9.05. The number of nitrogens with zero attached hydrogens (tertiary/aromatic N) is 6. The van der Waals surface area contributed by atoms with Crippen LogP contribution in [0.2, 0.25) is 0 Å². The molecule has 0 aromatic carbocycles. The standard InChI is InChI=1S/C18H29F2N7O.HI/c1-14(16(28)25-6-3-4-7-25)24-9-11-26(12-10-24)18(21-2)23-13-15-22-5-8-27(15)17(19)20;/h5,8,14,17H,3-4,6-7,9-13H2,1-2H3,(H,21,23);1H. The Bertz CT molecular complexity index is 686. The Morgan fingerprint density at radius 1 is 1.17 bits per heavy atom. The third kappa shape index (κ3) is 5.77. The lowest BCUT2D eigenvalue weighted by Crippen LogP contribution is -2.57. The van der Waals surface area contributed by atoms with Crippen LogP contribution in [0.3, 0.4) is 0 Å². The van der Waals surface area contributed by atoms with E-state index in [1.54, 1.807) is 7.05 Å². The molecule has 29 heavy (non-hydrogen) atoms. The highest BCUT2D eigenvalue weighted by molar-refractivity contribution is 14.0. The number of nitrogens with one attached hydrogen (secondary N) is 1. The van der Waals surface area contributed by atoms with Gasteiger partial charge in [0.2, 0.25) is 5.91 Å². The molecule has 0 aliphatic carbocycles. The molecule has 1 aromatic rings. The van der Waals surface area contributed by atoms with Crippen LogP contribution in [0.5, 0.6) is 0 Å². The van der Waals surface area contributed by atoms with Gasteiger partial charge in [-0.15, -0.1) is 24.0 Å². The highest BCUT2D eigenvalue weighted by atomic mass is 127. The van der Waals surface area contributed by atoms with Gasteiger partial charge in [-0.1, -0.05) is 0 Å². The summed E-state index contributed by atoms with van der Waals surface area (Å²) < 4.78 is 26.7.